The van der Waals surface area contributed by atoms with E-state index in [9.17, 15) is 29.4 Å². The normalized spacial score (nSPS) is 33.7. The number of hydrogen-bond donors (Lipinski definition) is 2. The van der Waals surface area contributed by atoms with Crippen molar-refractivity contribution in [3.63, 3.8) is 0 Å². The van der Waals surface area contributed by atoms with E-state index in [2.05, 4.69) is 4.52 Å². The van der Waals surface area contributed by atoms with Gasteiger partial charge in [-0.2, -0.15) is 0 Å². The summed E-state index contributed by atoms with van der Waals surface area (Å²) < 4.78 is 72.4. The van der Waals surface area contributed by atoms with Gasteiger partial charge in [-0.15, -0.1) is 0 Å². The fourth-order valence-electron chi connectivity index (χ4n) is 7.01. The summed E-state index contributed by atoms with van der Waals surface area (Å²) in [4.78, 5) is 35.5. The molecule has 4 aliphatic heterocycles. The maximum atomic E-state index is 13.5. The number of benzene rings is 2. The quantitative estimate of drug-likeness (QED) is 0.197. The maximum Gasteiger partial charge on any atom is 0.310 e. The Hall–Kier alpha value is -3.22. The number of hydrogen-bond acceptors (Lipinski definition) is 17. The molecule has 10 atom stereocenters. The highest BCUT2D eigenvalue weighted by Gasteiger charge is 2.56. The van der Waals surface area contributed by atoms with Gasteiger partial charge in [-0.3, -0.25) is 4.79 Å². The van der Waals surface area contributed by atoms with Crippen molar-refractivity contribution >= 4 is 13.8 Å². The van der Waals surface area contributed by atoms with Crippen molar-refractivity contribution in [2.75, 3.05) is 41.0 Å². The second kappa shape index (κ2) is 12.9. The molecular weight excluding hydrogens is 663 g/mol. The summed E-state index contributed by atoms with van der Waals surface area (Å²) in [5.41, 5.74) is 1.72. The zero-order valence-electron chi connectivity index (χ0n) is 25.9. The highest BCUT2D eigenvalue weighted by Crippen LogP contribution is 2.57. The predicted molar refractivity (Wildman–Crippen MR) is 151 cm³/mol. The van der Waals surface area contributed by atoms with Crippen LogP contribution in [0.2, 0.25) is 0 Å². The summed E-state index contributed by atoms with van der Waals surface area (Å²) in [6.07, 6.45) is -7.20. The lowest BCUT2D eigenvalue weighted by Gasteiger charge is -2.47. The SMILES string of the molecule is COc1cc([C@@H]2c3cc4c(cc3[C@@H](O[C@@H]3O[C@@H]5COC(C)OC5[C@H](O)[C@H]3O)[C@H]3COC(=O)[C@H]23)OCO4)cc(OC)c1OCOP(=O)([O-])[O-]. The van der Waals surface area contributed by atoms with E-state index in [0.29, 0.717) is 28.2 Å². The van der Waals surface area contributed by atoms with Crippen molar-refractivity contribution in [3.05, 3.63) is 41.0 Å². The van der Waals surface area contributed by atoms with Crippen molar-refractivity contribution in [1.29, 1.82) is 0 Å². The van der Waals surface area contributed by atoms with Gasteiger partial charge in [-0.1, -0.05) is 0 Å². The van der Waals surface area contributed by atoms with E-state index in [1.165, 1.54) is 14.2 Å². The van der Waals surface area contributed by atoms with Crippen molar-refractivity contribution < 1.29 is 81.3 Å². The van der Waals surface area contributed by atoms with Crippen LogP contribution in [0.15, 0.2) is 24.3 Å². The van der Waals surface area contributed by atoms with Gasteiger partial charge >= 0.3 is 5.97 Å². The molecule has 18 heteroatoms. The number of carbonyl (C=O) groups excluding carboxylic acids is 1. The van der Waals surface area contributed by atoms with Crippen LogP contribution in [0.1, 0.15) is 35.6 Å². The first-order valence-electron chi connectivity index (χ1n) is 15.1. The number of cyclic esters (lactones) is 1. The Labute approximate surface area is 273 Å². The fourth-order valence-corrected chi connectivity index (χ4v) is 7.20. The second-order valence-corrected chi connectivity index (χ2v) is 13.0. The van der Waals surface area contributed by atoms with Crippen molar-refractivity contribution in [1.82, 2.24) is 0 Å². The molecular formula is C30H33O17P-2. The number of phosphoric acid groups is 1. The summed E-state index contributed by atoms with van der Waals surface area (Å²) in [6.45, 7) is 0.795. The van der Waals surface area contributed by atoms with Crippen LogP contribution in [-0.4, -0.2) is 94.2 Å². The molecule has 0 bridgehead atoms. The Morgan fingerprint density at radius 1 is 0.938 bits per heavy atom. The highest BCUT2D eigenvalue weighted by molar-refractivity contribution is 7.43. The van der Waals surface area contributed by atoms with Gasteiger partial charge in [0.05, 0.1) is 47.3 Å². The molecule has 0 amide bonds. The largest absolute Gasteiger partial charge is 0.790 e. The number of esters is 1. The Morgan fingerprint density at radius 3 is 2.29 bits per heavy atom. The molecule has 2 unspecified atom stereocenters. The van der Waals surface area contributed by atoms with E-state index >= 15 is 0 Å². The van der Waals surface area contributed by atoms with E-state index in [0.717, 1.165) is 0 Å². The van der Waals surface area contributed by atoms with E-state index in [1.54, 1.807) is 31.2 Å². The number of phosphoric ester groups is 1. The third kappa shape index (κ3) is 5.98. The summed E-state index contributed by atoms with van der Waals surface area (Å²) >= 11 is 0. The first-order valence-corrected chi connectivity index (χ1v) is 16.5. The Balaban J connectivity index is 1.28. The molecule has 2 aromatic carbocycles. The first kappa shape index (κ1) is 33.3. The summed E-state index contributed by atoms with van der Waals surface area (Å²) in [5.74, 6) is -1.64. The number of methoxy groups -OCH3 is 2. The molecule has 4 heterocycles. The van der Waals surface area contributed by atoms with E-state index in [-0.39, 0.29) is 37.3 Å². The van der Waals surface area contributed by atoms with Gasteiger partial charge in [0.2, 0.25) is 12.5 Å². The topological polar surface area (TPSA) is 222 Å². The number of rotatable bonds is 9. The van der Waals surface area contributed by atoms with Crippen molar-refractivity contribution in [2.45, 2.75) is 55.9 Å². The molecule has 0 spiro atoms. The third-order valence-corrected chi connectivity index (χ3v) is 9.56. The van der Waals surface area contributed by atoms with Crippen molar-refractivity contribution in [3.8, 4) is 28.7 Å². The number of fused-ring (bicyclic) bond motifs is 4. The maximum absolute atomic E-state index is 13.5. The van der Waals surface area contributed by atoms with E-state index in [4.69, 9.17) is 47.4 Å². The zero-order valence-corrected chi connectivity index (χ0v) is 26.8. The van der Waals surface area contributed by atoms with Gasteiger partial charge in [0.15, 0.2) is 42.4 Å². The Kier molecular flexibility index (Phi) is 8.95. The second-order valence-electron chi connectivity index (χ2n) is 11.8. The molecule has 1 aliphatic carbocycles. The van der Waals surface area contributed by atoms with Crippen LogP contribution >= 0.6 is 7.82 Å². The molecule has 17 nitrogen and oxygen atoms in total. The average molecular weight is 697 g/mol. The monoisotopic (exact) mass is 696 g/mol. The number of aliphatic hydroxyl groups excluding tert-OH is 2. The van der Waals surface area contributed by atoms with Crippen LogP contribution in [-0.2, 0) is 37.6 Å². The minimum absolute atomic E-state index is 0.0308. The van der Waals surface area contributed by atoms with Gasteiger partial charge in [-0.25, -0.2) is 0 Å². The molecule has 0 aromatic heterocycles. The average Bonchev–Trinajstić information content (AvgIpc) is 3.68. The third-order valence-electron chi connectivity index (χ3n) is 9.14. The van der Waals surface area contributed by atoms with Crippen LogP contribution < -0.4 is 33.5 Å². The van der Waals surface area contributed by atoms with Gasteiger partial charge < -0.3 is 76.5 Å². The van der Waals surface area contributed by atoms with Gasteiger partial charge in [0.1, 0.15) is 24.4 Å². The lowest BCUT2D eigenvalue weighted by atomic mass is 9.66. The highest BCUT2D eigenvalue weighted by atomic mass is 31.2. The van der Waals surface area contributed by atoms with Gasteiger partial charge in [0, 0.05) is 11.8 Å². The van der Waals surface area contributed by atoms with E-state index in [1.807, 2.05) is 0 Å². The standard InChI is InChI=1S/C30H35O17P/c1-12-39-9-21-28(45-12)24(31)25(32)30(46-21)47-26-15-7-18-17(41-10-42-18)6-14(15)22(23-16(26)8-40-29(23)33)13-4-19(37-2)27(20(5-13)38-3)43-11-44-48(34,35)36/h4-7,12,16,21-26,28,30-32H,8-11H2,1-3H3,(H2,34,35,36)/p-2/t12?,16-,21+,22+,23-,24+,25+,26+,28?,30-/m0/s1. The smallest absolute Gasteiger partial charge is 0.310 e. The lowest BCUT2D eigenvalue weighted by Crippen LogP contribution is -2.63. The van der Waals surface area contributed by atoms with Crippen LogP contribution in [0.25, 0.3) is 0 Å². The predicted octanol–water partition coefficient (Wildman–Crippen LogP) is -0.185. The minimum Gasteiger partial charge on any atom is -0.790 e. The minimum atomic E-state index is -5.32. The molecule has 2 aromatic rings. The molecule has 0 saturated carbocycles. The molecule has 2 N–H and O–H groups in total. The van der Waals surface area contributed by atoms with Gasteiger partial charge in [0.25, 0.3) is 0 Å². The van der Waals surface area contributed by atoms with Crippen LogP contribution in [0, 0.1) is 11.8 Å². The first-order chi connectivity index (χ1) is 23.0. The molecule has 5 aliphatic rings. The van der Waals surface area contributed by atoms with Crippen molar-refractivity contribution in [2.24, 2.45) is 11.8 Å². The number of aliphatic hydroxyl groups is 2. The Morgan fingerprint density at radius 2 is 1.62 bits per heavy atom. The molecule has 3 saturated heterocycles. The molecule has 262 valence electrons. The molecule has 7 rings (SSSR count). The molecule has 3 fully saturated rings. The number of carbonyl (C=O) groups is 1. The van der Waals surface area contributed by atoms with Crippen LogP contribution in [0.3, 0.4) is 0 Å². The summed E-state index contributed by atoms with van der Waals surface area (Å²) in [6, 6.07) is 6.66. The van der Waals surface area contributed by atoms with Gasteiger partial charge in [-0.05, 0) is 47.9 Å². The molecule has 0 radical (unpaired) electrons. The summed E-state index contributed by atoms with van der Waals surface area (Å²) in [7, 11) is -2.63. The Bertz CT molecular complexity index is 1570. The van der Waals surface area contributed by atoms with Crippen LogP contribution in [0.4, 0.5) is 0 Å². The van der Waals surface area contributed by atoms with E-state index < -0.39 is 81.4 Å². The zero-order chi connectivity index (χ0) is 33.9. The fraction of sp³-hybridized carbons (Fsp3) is 0.567. The lowest BCUT2D eigenvalue weighted by molar-refractivity contribution is -0.364. The molecule has 48 heavy (non-hydrogen) atoms. The summed E-state index contributed by atoms with van der Waals surface area (Å²) in [5, 5.41) is 22.1. The van der Waals surface area contributed by atoms with Crippen LogP contribution in [0.5, 0.6) is 28.7 Å². The number of ether oxygens (including phenoxy) is 10.